The summed E-state index contributed by atoms with van der Waals surface area (Å²) in [4.78, 5) is 21.7. The van der Waals surface area contributed by atoms with Crippen molar-refractivity contribution in [3.05, 3.63) is 113 Å². The molecule has 0 fully saturated rings. The number of hydrazine groups is 1. The molecule has 5 aromatic rings. The second kappa shape index (κ2) is 13.8. The highest BCUT2D eigenvalue weighted by atomic mass is 19.1. The molecule has 13 heteroatoms. The number of nitrogens with zero attached hydrogens (tertiary/aromatic N) is 2. The summed E-state index contributed by atoms with van der Waals surface area (Å²) in [5.41, 5.74) is 8.38. The van der Waals surface area contributed by atoms with Gasteiger partial charge in [-0.05, 0) is 54.7 Å². The second-order valence-electron chi connectivity index (χ2n) is 11.9. The molecule has 0 spiro atoms. The number of aliphatic hydroxyl groups is 1. The first-order chi connectivity index (χ1) is 23.1. The number of halogens is 3. The molecular formula is C35H35F3N6O4. The maximum atomic E-state index is 15.9. The predicted molar refractivity (Wildman–Crippen MR) is 173 cm³/mol. The summed E-state index contributed by atoms with van der Waals surface area (Å²) in [6, 6.07) is 11.9. The van der Waals surface area contributed by atoms with Crippen LogP contribution in [0.3, 0.4) is 0 Å². The predicted octanol–water partition coefficient (Wildman–Crippen LogP) is 6.33. The number of nitrogens with one attached hydrogen (secondary N) is 2. The molecule has 2 atom stereocenters. The quantitative estimate of drug-likeness (QED) is 0.122. The Morgan fingerprint density at radius 1 is 1.08 bits per heavy atom. The summed E-state index contributed by atoms with van der Waals surface area (Å²) in [6.45, 7) is -0.0385. The molecule has 2 aromatic heterocycles. The van der Waals surface area contributed by atoms with Gasteiger partial charge in [0, 0.05) is 59.2 Å². The van der Waals surface area contributed by atoms with E-state index in [9.17, 15) is 9.90 Å². The van der Waals surface area contributed by atoms with Crippen LogP contribution in [0.15, 0.2) is 72.8 Å². The number of carboxylic acid groups (broad SMARTS) is 1. The second-order valence-corrected chi connectivity index (χ2v) is 11.9. The smallest absolute Gasteiger partial charge is 0.303 e. The number of aromatic nitrogens is 3. The highest BCUT2D eigenvalue weighted by Crippen LogP contribution is 2.38. The monoisotopic (exact) mass is 660 g/mol. The number of aryl methyl sites for hydroxylation is 1. The fourth-order valence-electron chi connectivity index (χ4n) is 6.15. The molecule has 1 aliphatic rings. The van der Waals surface area contributed by atoms with Gasteiger partial charge in [0.05, 0.1) is 23.9 Å². The number of aliphatic carboxylic acids is 1. The SMILES string of the molecule is N/C1=C\N(N)Cc2c(c(F)cc3[nH]ccc23)Oc2ccc(F)c(c2)-c2ncc([nH]2)C(c2cccc(CCC(=O)O)c2F)CCCCC1O. The highest BCUT2D eigenvalue weighted by molar-refractivity contribution is 5.85. The van der Waals surface area contributed by atoms with E-state index in [1.165, 1.54) is 41.7 Å². The van der Waals surface area contributed by atoms with Crippen LogP contribution in [0.4, 0.5) is 13.2 Å². The van der Waals surface area contributed by atoms with Crippen molar-refractivity contribution in [1.29, 1.82) is 0 Å². The van der Waals surface area contributed by atoms with Crippen LogP contribution < -0.4 is 16.3 Å². The van der Waals surface area contributed by atoms with Gasteiger partial charge in [-0.15, -0.1) is 0 Å². The molecule has 8 N–H and O–H groups in total. The van der Waals surface area contributed by atoms with E-state index in [4.69, 9.17) is 21.4 Å². The summed E-state index contributed by atoms with van der Waals surface area (Å²) < 4.78 is 52.8. The van der Waals surface area contributed by atoms with Crippen LogP contribution in [0.1, 0.15) is 60.4 Å². The van der Waals surface area contributed by atoms with Crippen molar-refractivity contribution in [3.8, 4) is 22.9 Å². The summed E-state index contributed by atoms with van der Waals surface area (Å²) in [5.74, 6) is 3.02. The number of aromatic amines is 2. The number of imidazole rings is 1. The van der Waals surface area contributed by atoms with Crippen LogP contribution in [-0.2, 0) is 17.8 Å². The number of H-pyrrole nitrogens is 2. The first-order valence-electron chi connectivity index (χ1n) is 15.6. The molecule has 48 heavy (non-hydrogen) atoms. The fourth-order valence-corrected chi connectivity index (χ4v) is 6.15. The van der Waals surface area contributed by atoms with E-state index in [0.717, 1.165) is 0 Å². The van der Waals surface area contributed by atoms with E-state index in [0.29, 0.717) is 47.0 Å². The summed E-state index contributed by atoms with van der Waals surface area (Å²) in [7, 11) is 0. The largest absolute Gasteiger partial charge is 0.481 e. The number of ether oxygens (including phenoxy) is 1. The van der Waals surface area contributed by atoms with Gasteiger partial charge in [-0.25, -0.2) is 24.0 Å². The van der Waals surface area contributed by atoms with Gasteiger partial charge in [-0.3, -0.25) is 4.79 Å². The zero-order valence-corrected chi connectivity index (χ0v) is 25.8. The topological polar surface area (TPSA) is 167 Å². The normalized spacial score (nSPS) is 18.6. The molecule has 10 nitrogen and oxygen atoms in total. The zero-order chi connectivity index (χ0) is 33.9. The number of hydrogen-bond donors (Lipinski definition) is 6. The van der Waals surface area contributed by atoms with Crippen LogP contribution in [0.2, 0.25) is 0 Å². The Morgan fingerprint density at radius 3 is 2.71 bits per heavy atom. The fraction of sp³-hybridized carbons (Fsp3) is 0.257. The van der Waals surface area contributed by atoms with Crippen molar-refractivity contribution < 1.29 is 32.9 Å². The molecular weight excluding hydrogens is 625 g/mol. The molecule has 0 radical (unpaired) electrons. The Labute approximate surface area is 273 Å². The molecule has 3 aromatic carbocycles. The number of fused-ring (bicyclic) bond motifs is 8. The van der Waals surface area contributed by atoms with Gasteiger partial charge in [0.1, 0.15) is 23.2 Å². The Kier molecular flexibility index (Phi) is 9.42. The van der Waals surface area contributed by atoms with Crippen molar-refractivity contribution in [2.45, 2.75) is 57.1 Å². The van der Waals surface area contributed by atoms with Gasteiger partial charge in [0.2, 0.25) is 0 Å². The highest BCUT2D eigenvalue weighted by Gasteiger charge is 2.24. The lowest BCUT2D eigenvalue weighted by Crippen LogP contribution is -2.29. The molecule has 6 rings (SSSR count). The van der Waals surface area contributed by atoms with Gasteiger partial charge < -0.3 is 35.7 Å². The lowest BCUT2D eigenvalue weighted by atomic mass is 9.88. The van der Waals surface area contributed by atoms with Crippen LogP contribution >= 0.6 is 0 Å². The number of rotatable bonds is 4. The van der Waals surface area contributed by atoms with Crippen molar-refractivity contribution in [1.82, 2.24) is 20.0 Å². The van der Waals surface area contributed by atoms with Crippen molar-refractivity contribution in [2.24, 2.45) is 11.6 Å². The molecule has 4 bridgehead atoms. The summed E-state index contributed by atoms with van der Waals surface area (Å²) in [6.07, 6.45) is 5.07. The minimum atomic E-state index is -1.04. The number of carboxylic acids is 1. The summed E-state index contributed by atoms with van der Waals surface area (Å²) >= 11 is 0. The van der Waals surface area contributed by atoms with E-state index in [1.54, 1.807) is 30.5 Å². The molecule has 0 amide bonds. The molecule has 250 valence electrons. The van der Waals surface area contributed by atoms with Gasteiger partial charge in [-0.1, -0.05) is 31.0 Å². The lowest BCUT2D eigenvalue weighted by Gasteiger charge is -2.21. The van der Waals surface area contributed by atoms with E-state index in [1.807, 2.05) is 0 Å². The summed E-state index contributed by atoms with van der Waals surface area (Å²) in [5, 5.41) is 21.9. The van der Waals surface area contributed by atoms with Gasteiger partial charge in [-0.2, -0.15) is 0 Å². The van der Waals surface area contributed by atoms with Gasteiger partial charge in [0.15, 0.2) is 11.6 Å². The van der Waals surface area contributed by atoms with Gasteiger partial charge >= 0.3 is 5.97 Å². The molecule has 3 heterocycles. The van der Waals surface area contributed by atoms with E-state index in [2.05, 4.69) is 15.0 Å². The van der Waals surface area contributed by atoms with Crippen LogP contribution in [-0.4, -0.2) is 42.2 Å². The maximum Gasteiger partial charge on any atom is 0.303 e. The van der Waals surface area contributed by atoms with E-state index in [-0.39, 0.29) is 60.0 Å². The van der Waals surface area contributed by atoms with Crippen LogP contribution in [0.25, 0.3) is 22.3 Å². The Morgan fingerprint density at radius 2 is 1.90 bits per heavy atom. The first kappa shape index (κ1) is 32.7. The molecule has 1 aliphatic heterocycles. The third kappa shape index (κ3) is 6.87. The standard InChI is InChI=1S/C35H35F3N6O4/c36-26-10-9-20-14-24(26)35-42-16-30(43-35)21(23-6-3-4-19(33(23)38)8-11-32(46)47)5-1-2-7-31(45)28(39)18-44(40)17-25-22-12-13-41-29(22)15-27(37)34(25)48-20/h3-4,6,9-10,12-16,18,21,31,41,45H,1-2,5,7-8,11,17,39-40H2,(H,42,43)(H,46,47)/b28-18-. The van der Waals surface area contributed by atoms with Crippen molar-refractivity contribution in [3.63, 3.8) is 0 Å². The number of aliphatic hydroxyl groups excluding tert-OH is 1. The minimum absolute atomic E-state index is 0.0171. The van der Waals surface area contributed by atoms with E-state index < -0.39 is 35.4 Å². The number of nitrogens with two attached hydrogens (primary N) is 2. The maximum absolute atomic E-state index is 15.9. The van der Waals surface area contributed by atoms with Crippen molar-refractivity contribution >= 4 is 16.9 Å². The van der Waals surface area contributed by atoms with Crippen molar-refractivity contribution in [2.75, 3.05) is 0 Å². The third-order valence-corrected chi connectivity index (χ3v) is 8.60. The Hall–Kier alpha value is -5.27. The Bertz CT molecular complexity index is 1990. The van der Waals surface area contributed by atoms with Gasteiger partial charge in [0.25, 0.3) is 0 Å². The zero-order valence-electron chi connectivity index (χ0n) is 25.8. The first-order valence-corrected chi connectivity index (χ1v) is 15.6. The number of carbonyl (C=O) groups is 1. The average molecular weight is 661 g/mol. The minimum Gasteiger partial charge on any atom is -0.481 e. The number of hydrogen-bond acceptors (Lipinski definition) is 7. The molecule has 0 saturated carbocycles. The molecule has 0 aliphatic carbocycles. The molecule has 0 saturated heterocycles. The lowest BCUT2D eigenvalue weighted by molar-refractivity contribution is -0.136. The third-order valence-electron chi connectivity index (χ3n) is 8.60. The van der Waals surface area contributed by atoms with Crippen LogP contribution in [0, 0.1) is 17.5 Å². The van der Waals surface area contributed by atoms with Crippen LogP contribution in [0.5, 0.6) is 11.5 Å². The number of benzene rings is 3. The average Bonchev–Trinajstić information content (AvgIpc) is 3.73. The van der Waals surface area contributed by atoms with E-state index >= 15 is 13.2 Å². The Balaban J connectivity index is 1.44. The molecule has 2 unspecified atom stereocenters.